The third kappa shape index (κ3) is 1.91. The van der Waals surface area contributed by atoms with E-state index in [-0.39, 0.29) is 11.3 Å². The van der Waals surface area contributed by atoms with E-state index in [4.69, 9.17) is 0 Å². The fraction of sp³-hybridized carbons (Fsp3) is 0.500. The molecule has 0 N–H and O–H groups in total. The average Bonchev–Trinajstić information content (AvgIpc) is 2.19. The molecule has 1 rings (SSSR count). The van der Waals surface area contributed by atoms with E-state index < -0.39 is 11.6 Å². The smallest absolute Gasteiger partial charge is 0.300 e. The van der Waals surface area contributed by atoms with Gasteiger partial charge in [-0.3, -0.25) is 18.7 Å². The van der Waals surface area contributed by atoms with Gasteiger partial charge in [0.25, 0.3) is 5.56 Å². The number of hydrogen-bond donors (Lipinski definition) is 0. The van der Waals surface area contributed by atoms with Crippen LogP contribution in [0.2, 0.25) is 0 Å². The lowest BCUT2D eigenvalue weighted by Crippen LogP contribution is -2.39. The second-order valence-electron chi connectivity index (χ2n) is 3.64. The molecular weight excluding hydrogens is 196 g/mol. The molecule has 0 aliphatic carbocycles. The molecule has 0 saturated carbocycles. The summed E-state index contributed by atoms with van der Waals surface area (Å²) in [7, 11) is 2.96. The molecule has 82 valence electrons. The molecule has 0 amide bonds. The summed E-state index contributed by atoms with van der Waals surface area (Å²) >= 11 is 0. The monoisotopic (exact) mass is 210 g/mol. The largest absolute Gasteiger partial charge is 0.330 e. The van der Waals surface area contributed by atoms with Crippen LogP contribution in [0.5, 0.6) is 0 Å². The van der Waals surface area contributed by atoms with Crippen LogP contribution in [0.4, 0.5) is 0 Å². The Balaban J connectivity index is 3.53. The van der Waals surface area contributed by atoms with Crippen molar-refractivity contribution in [3.8, 4) is 0 Å². The summed E-state index contributed by atoms with van der Waals surface area (Å²) in [4.78, 5) is 34.1. The van der Waals surface area contributed by atoms with Gasteiger partial charge in [0.15, 0.2) is 0 Å². The number of hydrogen-bond acceptors (Lipinski definition) is 3. The Labute approximate surface area is 87.0 Å². The number of aromatic nitrogens is 2. The van der Waals surface area contributed by atoms with Gasteiger partial charge in [-0.15, -0.1) is 0 Å². The first kappa shape index (κ1) is 11.4. The molecule has 0 aliphatic heterocycles. The molecule has 0 spiro atoms. The van der Waals surface area contributed by atoms with Crippen LogP contribution >= 0.6 is 0 Å². The minimum atomic E-state index is -0.434. The topological polar surface area (TPSA) is 61.1 Å². The van der Waals surface area contributed by atoms with Crippen LogP contribution in [0, 0.1) is 0 Å². The zero-order chi connectivity index (χ0) is 11.7. The van der Waals surface area contributed by atoms with E-state index in [1.54, 1.807) is 14.0 Å². The van der Waals surface area contributed by atoms with Gasteiger partial charge in [-0.2, -0.15) is 0 Å². The van der Waals surface area contributed by atoms with Crippen molar-refractivity contribution in [2.45, 2.75) is 19.8 Å². The number of carbonyl (C=O) groups excluding carboxylic acids is 1. The zero-order valence-electron chi connectivity index (χ0n) is 9.27. The maximum Gasteiger partial charge on any atom is 0.330 e. The van der Waals surface area contributed by atoms with Crippen LogP contribution in [-0.2, 0) is 18.9 Å². The van der Waals surface area contributed by atoms with Crippen LogP contribution in [0.3, 0.4) is 0 Å². The van der Waals surface area contributed by atoms with Crippen molar-refractivity contribution < 1.29 is 4.79 Å². The van der Waals surface area contributed by atoms with Crippen molar-refractivity contribution in [2.24, 2.45) is 14.1 Å². The number of nitrogens with zero attached hydrogens (tertiary/aromatic N) is 2. The summed E-state index contributed by atoms with van der Waals surface area (Å²) in [5.41, 5.74) is -0.345. The summed E-state index contributed by atoms with van der Waals surface area (Å²) < 4.78 is 2.34. The third-order valence-electron chi connectivity index (χ3n) is 2.62. The highest BCUT2D eigenvalue weighted by Gasteiger charge is 2.16. The van der Waals surface area contributed by atoms with Crippen LogP contribution < -0.4 is 11.2 Å². The van der Waals surface area contributed by atoms with Gasteiger partial charge < -0.3 is 0 Å². The van der Waals surface area contributed by atoms with Gasteiger partial charge in [0.1, 0.15) is 5.78 Å². The highest BCUT2D eigenvalue weighted by atomic mass is 16.2. The van der Waals surface area contributed by atoms with Gasteiger partial charge >= 0.3 is 5.69 Å². The third-order valence-corrected chi connectivity index (χ3v) is 2.62. The first-order chi connectivity index (χ1) is 6.86. The van der Waals surface area contributed by atoms with Crippen LogP contribution in [0.25, 0.3) is 0 Å². The zero-order valence-corrected chi connectivity index (χ0v) is 9.27. The summed E-state index contributed by atoms with van der Waals surface area (Å²) in [5, 5.41) is 0. The Hall–Kier alpha value is -1.65. The van der Waals surface area contributed by atoms with E-state index in [9.17, 15) is 14.4 Å². The quantitative estimate of drug-likeness (QED) is 0.677. The Bertz CT molecular complexity index is 510. The fourth-order valence-electron chi connectivity index (χ4n) is 1.37. The minimum absolute atomic E-state index is 0.0711. The van der Waals surface area contributed by atoms with Crippen molar-refractivity contribution in [2.75, 3.05) is 0 Å². The van der Waals surface area contributed by atoms with Gasteiger partial charge in [-0.1, -0.05) is 0 Å². The molecule has 0 aromatic carbocycles. The predicted molar refractivity (Wildman–Crippen MR) is 56.0 cm³/mol. The summed E-state index contributed by atoms with van der Waals surface area (Å²) in [6.07, 6.45) is 0. The van der Waals surface area contributed by atoms with Crippen molar-refractivity contribution in [1.29, 1.82) is 0 Å². The van der Waals surface area contributed by atoms with Crippen LogP contribution in [0.15, 0.2) is 15.7 Å². The van der Waals surface area contributed by atoms with E-state index in [0.717, 1.165) is 4.57 Å². The van der Waals surface area contributed by atoms with E-state index in [0.29, 0.717) is 5.69 Å². The van der Waals surface area contributed by atoms with E-state index in [2.05, 4.69) is 0 Å². The molecule has 0 fully saturated rings. The molecule has 5 heteroatoms. The van der Waals surface area contributed by atoms with Gasteiger partial charge in [0.2, 0.25) is 0 Å². The fourth-order valence-corrected chi connectivity index (χ4v) is 1.37. The van der Waals surface area contributed by atoms with Gasteiger partial charge in [-0.25, -0.2) is 4.79 Å². The average molecular weight is 210 g/mol. The lowest BCUT2D eigenvalue weighted by molar-refractivity contribution is -0.118. The van der Waals surface area contributed by atoms with E-state index >= 15 is 0 Å². The summed E-state index contributed by atoms with van der Waals surface area (Å²) in [6, 6.07) is 1.33. The van der Waals surface area contributed by atoms with E-state index in [1.165, 1.54) is 24.6 Å². The van der Waals surface area contributed by atoms with Crippen molar-refractivity contribution >= 4 is 5.78 Å². The second kappa shape index (κ2) is 3.84. The Kier molecular flexibility index (Phi) is 2.93. The summed E-state index contributed by atoms with van der Waals surface area (Å²) in [5.74, 6) is -0.505. The molecule has 1 atom stereocenters. The van der Waals surface area contributed by atoms with Crippen LogP contribution in [-0.4, -0.2) is 14.9 Å². The number of rotatable bonds is 2. The van der Waals surface area contributed by atoms with Gasteiger partial charge in [0.05, 0.1) is 5.92 Å². The highest BCUT2D eigenvalue weighted by molar-refractivity contribution is 5.82. The number of carbonyl (C=O) groups is 1. The molecule has 0 aliphatic rings. The molecule has 5 nitrogen and oxygen atoms in total. The molecule has 1 aromatic rings. The van der Waals surface area contributed by atoms with E-state index in [1.807, 2.05) is 0 Å². The molecule has 1 unspecified atom stereocenters. The van der Waals surface area contributed by atoms with Crippen LogP contribution in [0.1, 0.15) is 25.5 Å². The predicted octanol–water partition coefficient (Wildman–Crippen LogP) is -0.224. The SMILES string of the molecule is CC(=O)C(C)c1cc(=O)n(C)c(=O)n1C. The number of ketones is 1. The molecular formula is C10H14N2O3. The minimum Gasteiger partial charge on any atom is -0.300 e. The molecule has 0 bridgehead atoms. The van der Waals surface area contributed by atoms with Crippen molar-refractivity contribution in [1.82, 2.24) is 9.13 Å². The highest BCUT2D eigenvalue weighted by Crippen LogP contribution is 2.11. The molecule has 15 heavy (non-hydrogen) atoms. The second-order valence-corrected chi connectivity index (χ2v) is 3.64. The lowest BCUT2D eigenvalue weighted by Gasteiger charge is -2.13. The normalized spacial score (nSPS) is 12.5. The van der Waals surface area contributed by atoms with Crippen molar-refractivity contribution in [3.63, 3.8) is 0 Å². The molecule has 0 saturated heterocycles. The maximum absolute atomic E-state index is 11.6. The number of Topliss-reactive ketones (excluding diaryl/α,β-unsaturated/α-hetero) is 1. The Morgan fingerprint density at radius 1 is 1.27 bits per heavy atom. The van der Waals surface area contributed by atoms with Gasteiger partial charge in [-0.05, 0) is 13.8 Å². The first-order valence-electron chi connectivity index (χ1n) is 4.63. The van der Waals surface area contributed by atoms with Gasteiger partial charge in [0, 0.05) is 25.9 Å². The molecule has 0 radical (unpaired) electrons. The molecule has 1 aromatic heterocycles. The standard InChI is InChI=1S/C10H14N2O3/c1-6(7(2)13)8-5-9(14)12(4)10(15)11(8)3/h5-6H,1-4H3. The molecule has 1 heterocycles. The lowest BCUT2D eigenvalue weighted by atomic mass is 10.0. The first-order valence-corrected chi connectivity index (χ1v) is 4.63. The Morgan fingerprint density at radius 2 is 1.80 bits per heavy atom. The Morgan fingerprint density at radius 3 is 2.27 bits per heavy atom. The maximum atomic E-state index is 11.6. The van der Waals surface area contributed by atoms with Crippen molar-refractivity contribution in [3.05, 3.63) is 32.6 Å². The summed E-state index contributed by atoms with van der Waals surface area (Å²) in [6.45, 7) is 3.11.